The second-order valence-corrected chi connectivity index (χ2v) is 8.38. The van der Waals surface area contributed by atoms with Gasteiger partial charge in [0.15, 0.2) is 0 Å². The maximum atomic E-state index is 12.1. The van der Waals surface area contributed by atoms with Gasteiger partial charge in [0.05, 0.1) is 5.56 Å². The Morgan fingerprint density at radius 2 is 1.92 bits per heavy atom. The van der Waals surface area contributed by atoms with Crippen LogP contribution in [0.2, 0.25) is 0 Å². The van der Waals surface area contributed by atoms with Crippen LogP contribution >= 0.6 is 11.9 Å². The van der Waals surface area contributed by atoms with Crippen molar-refractivity contribution in [2.75, 3.05) is 18.8 Å². The first-order chi connectivity index (χ1) is 11.2. The maximum absolute atomic E-state index is 12.1. The second kappa shape index (κ2) is 8.17. The third-order valence-electron chi connectivity index (χ3n) is 3.90. The van der Waals surface area contributed by atoms with Crippen molar-refractivity contribution in [3.8, 4) is 0 Å². The zero-order valence-electron chi connectivity index (χ0n) is 15.1. The molecule has 5 heteroatoms. The van der Waals surface area contributed by atoms with Crippen molar-refractivity contribution in [2.24, 2.45) is 0 Å². The highest BCUT2D eigenvalue weighted by Crippen LogP contribution is 2.20. The summed E-state index contributed by atoms with van der Waals surface area (Å²) >= 11 is 1.81. The molecule has 1 aliphatic heterocycles. The SMILES string of the molecule is Cc1cc(C(=O)OC(C)(C)C)ccc1CCSN1CCC(=O)CC1. The van der Waals surface area contributed by atoms with E-state index in [4.69, 9.17) is 4.74 Å². The van der Waals surface area contributed by atoms with Crippen molar-refractivity contribution in [3.05, 3.63) is 34.9 Å². The minimum absolute atomic E-state index is 0.274. The van der Waals surface area contributed by atoms with Crippen LogP contribution in [-0.2, 0) is 16.0 Å². The molecule has 0 atom stereocenters. The van der Waals surface area contributed by atoms with Gasteiger partial charge in [0, 0.05) is 31.7 Å². The summed E-state index contributed by atoms with van der Waals surface area (Å²) in [5, 5.41) is 0. The minimum Gasteiger partial charge on any atom is -0.456 e. The first kappa shape index (κ1) is 19.0. The summed E-state index contributed by atoms with van der Waals surface area (Å²) in [4.78, 5) is 23.4. The molecule has 1 aliphatic rings. The maximum Gasteiger partial charge on any atom is 0.338 e. The molecule has 0 bridgehead atoms. The third kappa shape index (κ3) is 5.95. The van der Waals surface area contributed by atoms with Crippen molar-refractivity contribution in [3.63, 3.8) is 0 Å². The molecule has 0 aliphatic carbocycles. The number of hydrogen-bond donors (Lipinski definition) is 0. The Hall–Kier alpha value is -1.33. The first-order valence-electron chi connectivity index (χ1n) is 8.47. The lowest BCUT2D eigenvalue weighted by Crippen LogP contribution is -2.28. The Labute approximate surface area is 149 Å². The fourth-order valence-electron chi connectivity index (χ4n) is 2.59. The standard InChI is InChI=1S/C19H27NO3S/c1-14-13-16(18(22)23-19(2,3)4)6-5-15(14)9-12-24-20-10-7-17(21)8-11-20/h5-6,13H,7-12H2,1-4H3. The highest BCUT2D eigenvalue weighted by molar-refractivity contribution is 7.97. The second-order valence-electron chi connectivity index (χ2n) is 7.19. The smallest absolute Gasteiger partial charge is 0.338 e. The molecule has 0 amide bonds. The molecule has 1 saturated heterocycles. The van der Waals surface area contributed by atoms with E-state index in [-0.39, 0.29) is 5.97 Å². The molecule has 0 saturated carbocycles. The van der Waals surface area contributed by atoms with Crippen LogP contribution < -0.4 is 0 Å². The summed E-state index contributed by atoms with van der Waals surface area (Å²) in [5.41, 5.74) is 2.50. The summed E-state index contributed by atoms with van der Waals surface area (Å²) in [7, 11) is 0. The fraction of sp³-hybridized carbons (Fsp3) is 0.579. The lowest BCUT2D eigenvalue weighted by Gasteiger charge is -2.24. The van der Waals surface area contributed by atoms with E-state index < -0.39 is 5.60 Å². The number of Topliss-reactive ketones (excluding diaryl/α,β-unsaturated/α-hetero) is 1. The number of ketones is 1. The molecule has 0 radical (unpaired) electrons. The van der Waals surface area contributed by atoms with Gasteiger partial charge in [-0.25, -0.2) is 9.10 Å². The van der Waals surface area contributed by atoms with E-state index in [9.17, 15) is 9.59 Å². The van der Waals surface area contributed by atoms with Crippen LogP contribution in [0.5, 0.6) is 0 Å². The van der Waals surface area contributed by atoms with Crippen LogP contribution in [0.1, 0.15) is 55.1 Å². The molecule has 0 N–H and O–H groups in total. The molecule has 132 valence electrons. The van der Waals surface area contributed by atoms with Crippen molar-refractivity contribution in [1.29, 1.82) is 0 Å². The third-order valence-corrected chi connectivity index (χ3v) is 5.02. The predicted octanol–water partition coefficient (Wildman–Crippen LogP) is 3.81. The summed E-state index contributed by atoms with van der Waals surface area (Å²) < 4.78 is 7.69. The van der Waals surface area contributed by atoms with Gasteiger partial charge in [0.2, 0.25) is 0 Å². The van der Waals surface area contributed by atoms with Crippen molar-refractivity contribution < 1.29 is 14.3 Å². The van der Waals surface area contributed by atoms with E-state index in [1.165, 1.54) is 5.56 Å². The van der Waals surface area contributed by atoms with E-state index in [1.807, 2.05) is 57.8 Å². The molecule has 0 spiro atoms. The summed E-state index contributed by atoms with van der Waals surface area (Å²) in [5.74, 6) is 1.09. The van der Waals surface area contributed by atoms with Crippen molar-refractivity contribution in [1.82, 2.24) is 4.31 Å². The molecule has 1 aromatic rings. The van der Waals surface area contributed by atoms with Gasteiger partial charge in [-0.15, -0.1) is 0 Å². The zero-order chi connectivity index (χ0) is 17.7. The van der Waals surface area contributed by atoms with Crippen LogP contribution in [0.15, 0.2) is 18.2 Å². The molecule has 1 aromatic carbocycles. The average molecular weight is 349 g/mol. The minimum atomic E-state index is -0.476. The van der Waals surface area contributed by atoms with Gasteiger partial charge in [0.25, 0.3) is 0 Å². The van der Waals surface area contributed by atoms with E-state index in [1.54, 1.807) is 0 Å². The number of piperidine rings is 1. The molecule has 0 unspecified atom stereocenters. The van der Waals surface area contributed by atoms with Gasteiger partial charge >= 0.3 is 5.97 Å². The lowest BCUT2D eigenvalue weighted by atomic mass is 10.0. The van der Waals surface area contributed by atoms with Gasteiger partial charge in [-0.05, 0) is 57.4 Å². The summed E-state index contributed by atoms with van der Waals surface area (Å²) in [6.07, 6.45) is 2.31. The van der Waals surface area contributed by atoms with E-state index >= 15 is 0 Å². The van der Waals surface area contributed by atoms with E-state index in [0.29, 0.717) is 24.2 Å². The number of esters is 1. The van der Waals surface area contributed by atoms with E-state index in [0.717, 1.165) is 30.8 Å². The Morgan fingerprint density at radius 1 is 1.25 bits per heavy atom. The highest BCUT2D eigenvalue weighted by atomic mass is 32.2. The topological polar surface area (TPSA) is 46.6 Å². The lowest BCUT2D eigenvalue weighted by molar-refractivity contribution is -0.120. The van der Waals surface area contributed by atoms with Crippen LogP contribution in [0.3, 0.4) is 0 Å². The van der Waals surface area contributed by atoms with Crippen LogP contribution in [0.25, 0.3) is 0 Å². The number of rotatable bonds is 5. The quantitative estimate of drug-likeness (QED) is 0.597. The number of hydrogen-bond acceptors (Lipinski definition) is 5. The van der Waals surface area contributed by atoms with E-state index in [2.05, 4.69) is 4.31 Å². The molecule has 24 heavy (non-hydrogen) atoms. The van der Waals surface area contributed by atoms with Crippen molar-refractivity contribution in [2.45, 2.75) is 52.6 Å². The predicted molar refractivity (Wildman–Crippen MR) is 98.3 cm³/mol. The number of carbonyl (C=O) groups is 2. The Morgan fingerprint density at radius 3 is 2.50 bits per heavy atom. The van der Waals surface area contributed by atoms with Crippen LogP contribution in [0.4, 0.5) is 0 Å². The highest BCUT2D eigenvalue weighted by Gasteiger charge is 2.19. The number of ether oxygens (including phenoxy) is 1. The number of aryl methyl sites for hydroxylation is 2. The van der Waals surface area contributed by atoms with Gasteiger partial charge in [-0.1, -0.05) is 18.0 Å². The largest absolute Gasteiger partial charge is 0.456 e. The van der Waals surface area contributed by atoms with Gasteiger partial charge in [0.1, 0.15) is 11.4 Å². The Kier molecular flexibility index (Phi) is 6.47. The average Bonchev–Trinajstić information content (AvgIpc) is 2.49. The van der Waals surface area contributed by atoms with Gasteiger partial charge in [-0.2, -0.15) is 0 Å². The molecular formula is C19H27NO3S. The fourth-order valence-corrected chi connectivity index (χ4v) is 3.60. The molecular weight excluding hydrogens is 322 g/mol. The van der Waals surface area contributed by atoms with Gasteiger partial charge < -0.3 is 4.74 Å². The van der Waals surface area contributed by atoms with Crippen LogP contribution in [0, 0.1) is 6.92 Å². The monoisotopic (exact) mass is 349 g/mol. The van der Waals surface area contributed by atoms with Gasteiger partial charge in [-0.3, -0.25) is 4.79 Å². The molecule has 0 aromatic heterocycles. The number of nitrogens with zero attached hydrogens (tertiary/aromatic N) is 1. The molecule has 1 fully saturated rings. The number of carbonyl (C=O) groups excluding carboxylic acids is 2. The Balaban J connectivity index is 1.86. The normalized spacial score (nSPS) is 16.2. The van der Waals surface area contributed by atoms with Crippen LogP contribution in [-0.4, -0.2) is 40.5 Å². The molecule has 2 rings (SSSR count). The Bertz CT molecular complexity index is 597. The van der Waals surface area contributed by atoms with Crippen molar-refractivity contribution >= 4 is 23.7 Å². The summed E-state index contributed by atoms with van der Waals surface area (Å²) in [6.45, 7) is 9.38. The first-order valence-corrected chi connectivity index (χ1v) is 9.41. The molecule has 1 heterocycles. The zero-order valence-corrected chi connectivity index (χ0v) is 15.9. The molecule has 4 nitrogen and oxygen atoms in total. The summed E-state index contributed by atoms with van der Waals surface area (Å²) in [6, 6.07) is 5.78. The number of benzene rings is 1.